The lowest BCUT2D eigenvalue weighted by Gasteiger charge is -2.38. The van der Waals surface area contributed by atoms with Crippen molar-refractivity contribution >= 4 is 0 Å². The minimum Gasteiger partial charge on any atom is -0.327 e. The molecule has 0 rings (SSSR count). The average molecular weight is 1060 g/mol. The van der Waals surface area contributed by atoms with Crippen LogP contribution in [-0.2, 0) is 0 Å². The van der Waals surface area contributed by atoms with Crippen LogP contribution in [0.25, 0.3) is 0 Å². The summed E-state index contributed by atoms with van der Waals surface area (Å²) in [7, 11) is 6.62. The molecule has 0 spiro atoms. The number of nitrogens with zero attached hydrogens (tertiary/aromatic N) is 1. The van der Waals surface area contributed by atoms with Gasteiger partial charge in [-0.1, -0.05) is 0 Å². The Morgan fingerprint density at radius 2 is 0.186 bits per heavy atom. The van der Waals surface area contributed by atoms with E-state index in [1.165, 1.54) is 0 Å². The SMILES string of the molecule is C#CC#CC#CC#CC#CC#CC#CC#CC#CC#CC#CC#CC#CC#CC#CC#CC#CC#CC#CC#CC#CC#CC#CC#CC#CC#CC#CC#CC#CC#CC#CC#CC#CC#CC#CC#CC#CC#CC#C.CC(C)(C)[N+](C)(C)C. The monoisotopic (exact) mass is 1050 g/mol. The third-order valence-electron chi connectivity index (χ3n) is 6.72. The molecule has 0 amide bonds. The van der Waals surface area contributed by atoms with Crippen LogP contribution in [0.2, 0.25) is 0 Å². The third-order valence-corrected chi connectivity index (χ3v) is 6.72. The van der Waals surface area contributed by atoms with Gasteiger partial charge in [0.25, 0.3) is 0 Å². The van der Waals surface area contributed by atoms with Gasteiger partial charge in [-0.05, 0) is 115 Å². The van der Waals surface area contributed by atoms with Gasteiger partial charge in [-0.3, -0.25) is 0 Å². The molecule has 0 heterocycles. The van der Waals surface area contributed by atoms with Crippen LogP contribution in [0.4, 0.5) is 0 Å². The smallest absolute Gasteiger partial charge is 0.0901 e. The zero-order chi connectivity index (χ0) is 62.7. The Kier molecular flexibility index (Phi) is 49.7. The molecule has 0 unspecified atom stereocenters. The number of hydrogen-bond acceptors (Lipinski definition) is 0. The van der Waals surface area contributed by atoms with Gasteiger partial charge >= 0.3 is 0 Å². The Morgan fingerprint density at radius 1 is 0.140 bits per heavy atom. The molecule has 86 heavy (non-hydrogen) atoms. The topological polar surface area (TPSA) is 0 Å². The van der Waals surface area contributed by atoms with E-state index in [-0.39, 0.29) is 0 Å². The molecule has 0 aromatic rings. The first-order valence-corrected chi connectivity index (χ1v) is 22.4. The second kappa shape index (κ2) is 60.4. The molecule has 0 aliphatic carbocycles. The number of rotatable bonds is 0. The van der Waals surface area contributed by atoms with Gasteiger partial charge in [-0.25, -0.2) is 0 Å². The molecule has 1 nitrogen and oxygen atoms in total. The average Bonchev–Trinajstić information content (AvgIpc) is 3.59. The molecule has 1 heteroatoms. The largest absolute Gasteiger partial charge is 0.327 e. The molecule has 0 saturated carbocycles. The molecule has 0 aromatic carbocycles. The fraction of sp³-hybridized carbons (Fsp3) is 0.0824. The molecular formula is C85H20N+. The van der Waals surface area contributed by atoms with E-state index in [1.54, 1.807) is 0 Å². The molecule has 0 radical (unpaired) electrons. The van der Waals surface area contributed by atoms with Crippen molar-refractivity contribution < 1.29 is 4.48 Å². The van der Waals surface area contributed by atoms with E-state index in [2.05, 4.69) is 492 Å². The minimum absolute atomic E-state index is 0.375. The number of hydrogen-bond donors (Lipinski definition) is 0. The van der Waals surface area contributed by atoms with E-state index in [0.29, 0.717) is 5.54 Å². The van der Waals surface area contributed by atoms with Gasteiger partial charge in [-0.2, -0.15) is 0 Å². The van der Waals surface area contributed by atoms with E-state index in [1.807, 2.05) is 0 Å². The summed E-state index contributed by atoms with van der Waals surface area (Å²) in [5, 5.41) is 0. The maximum absolute atomic E-state index is 4.95. The summed E-state index contributed by atoms with van der Waals surface area (Å²) in [5.41, 5.74) is 0.375. The van der Waals surface area contributed by atoms with Crippen LogP contribution >= 0.6 is 0 Å². The fourth-order valence-electron chi connectivity index (χ4n) is 2.32. The van der Waals surface area contributed by atoms with E-state index in [9.17, 15) is 0 Å². The molecule has 0 aliphatic rings. The zero-order valence-corrected chi connectivity index (χ0v) is 46.1. The van der Waals surface area contributed by atoms with Crippen molar-refractivity contribution in [3.8, 4) is 463 Å². The summed E-state index contributed by atoms with van der Waals surface area (Å²) < 4.78 is 1.02. The molecule has 0 aromatic heterocycles. The predicted octanol–water partition coefficient (Wildman–Crippen LogP) is 1.87. The van der Waals surface area contributed by atoms with Crippen LogP contribution in [0.5, 0.6) is 0 Å². The highest BCUT2D eigenvalue weighted by atomic mass is 15.3. The third kappa shape index (κ3) is 64.8. The highest BCUT2D eigenvalue weighted by molar-refractivity contribution is 5.54. The van der Waals surface area contributed by atoms with Crippen molar-refractivity contribution in [3.05, 3.63) is 0 Å². The summed E-state index contributed by atoms with van der Waals surface area (Å²) in [4.78, 5) is 0. The number of terminal acetylenes is 2. The van der Waals surface area contributed by atoms with Gasteiger partial charge in [0.05, 0.1) is 26.7 Å². The first-order chi connectivity index (χ1) is 42.2. The Labute approximate surface area is 511 Å². The van der Waals surface area contributed by atoms with Gasteiger partial charge in [0.2, 0.25) is 0 Å². The summed E-state index contributed by atoms with van der Waals surface area (Å²) in [6, 6.07) is 0. The van der Waals surface area contributed by atoms with Crippen LogP contribution in [0.3, 0.4) is 0 Å². The second-order valence-corrected chi connectivity index (χ2v) is 13.7. The van der Waals surface area contributed by atoms with Crippen molar-refractivity contribution in [2.24, 2.45) is 0 Å². The summed E-state index contributed by atoms with van der Waals surface area (Å²) in [5.74, 6) is 188. The van der Waals surface area contributed by atoms with Crippen molar-refractivity contribution in [2.75, 3.05) is 21.1 Å². The van der Waals surface area contributed by atoms with E-state index >= 15 is 0 Å². The van der Waals surface area contributed by atoms with E-state index in [4.69, 9.17) is 12.8 Å². The van der Waals surface area contributed by atoms with Gasteiger partial charge in [0, 0.05) is 355 Å². The summed E-state index contributed by atoms with van der Waals surface area (Å²) >= 11 is 0. The van der Waals surface area contributed by atoms with Crippen LogP contribution in [0.15, 0.2) is 0 Å². The van der Waals surface area contributed by atoms with Crippen LogP contribution in [-0.4, -0.2) is 31.2 Å². The van der Waals surface area contributed by atoms with Crippen LogP contribution in [0.1, 0.15) is 20.8 Å². The highest BCUT2D eigenvalue weighted by Gasteiger charge is 2.25. The molecule has 0 atom stereocenters. The van der Waals surface area contributed by atoms with Crippen molar-refractivity contribution in [3.63, 3.8) is 0 Å². The maximum Gasteiger partial charge on any atom is 0.0901 e. The van der Waals surface area contributed by atoms with E-state index < -0.39 is 0 Å². The standard InChI is InChI=1S/C78H2.C7H18N/c1-3-5-7-9-11-13-15-17-19-21-23-25-27-29-31-33-35-37-39-41-43-45-47-49-51-53-55-57-59-61-63-65-67-69-71-73-75-77-78-76-74-72-70-68-66-64-62-60-58-56-54-52-50-48-46-44-42-40-38-36-34-32-30-28-26-24-22-20-18-16-14-12-10-8-6-4-2;1-7(2,3)8(4,5)6/h1-2H;1-6H3/q;+1. The van der Waals surface area contributed by atoms with Crippen LogP contribution < -0.4 is 0 Å². The lowest BCUT2D eigenvalue weighted by Crippen LogP contribution is -2.50. The lowest BCUT2D eigenvalue weighted by molar-refractivity contribution is -0.917. The maximum atomic E-state index is 4.95. The molecule has 0 fully saturated rings. The summed E-state index contributed by atoms with van der Waals surface area (Å²) in [6.07, 6.45) is 9.90. The second-order valence-electron chi connectivity index (χ2n) is 13.7. The molecule has 0 saturated heterocycles. The Hall–Kier alpha value is -17.2. The molecular weight excluding hydrogens is 1030 g/mol. The van der Waals surface area contributed by atoms with Gasteiger partial charge in [0.15, 0.2) is 0 Å². The number of quaternary nitrogens is 1. The Bertz CT molecular complexity index is 5140. The lowest BCUT2D eigenvalue weighted by atomic mass is 10.1. The van der Waals surface area contributed by atoms with E-state index in [0.717, 1.165) is 4.48 Å². The van der Waals surface area contributed by atoms with Crippen molar-refractivity contribution in [1.29, 1.82) is 0 Å². The molecule has 0 aliphatic heterocycles. The zero-order valence-electron chi connectivity index (χ0n) is 46.1. The normalized spacial score (nSPS) is 4.88. The van der Waals surface area contributed by atoms with Crippen molar-refractivity contribution in [2.45, 2.75) is 26.3 Å². The molecule has 364 valence electrons. The first kappa shape index (κ1) is 70.9. The van der Waals surface area contributed by atoms with Gasteiger partial charge < -0.3 is 4.48 Å². The fourth-order valence-corrected chi connectivity index (χ4v) is 2.32. The van der Waals surface area contributed by atoms with Crippen LogP contribution in [0, 0.1) is 463 Å². The van der Waals surface area contributed by atoms with Crippen molar-refractivity contribution in [1.82, 2.24) is 0 Å². The first-order valence-electron chi connectivity index (χ1n) is 22.4. The quantitative estimate of drug-likeness (QED) is 0.257. The summed E-state index contributed by atoms with van der Waals surface area (Å²) in [6.45, 7) is 6.73. The minimum atomic E-state index is 0.375. The van der Waals surface area contributed by atoms with Gasteiger partial charge in [0.1, 0.15) is 0 Å². The van der Waals surface area contributed by atoms with Gasteiger partial charge in [-0.15, -0.1) is 12.8 Å². The Morgan fingerprint density at radius 3 is 0.221 bits per heavy atom. The molecule has 0 bridgehead atoms. The molecule has 0 N–H and O–H groups in total. The predicted molar refractivity (Wildman–Crippen MR) is 343 cm³/mol. The Balaban J connectivity index is 0. The highest BCUT2D eigenvalue weighted by Crippen LogP contribution is 2.14.